The predicted octanol–water partition coefficient (Wildman–Crippen LogP) is 4.19. The van der Waals surface area contributed by atoms with Crippen molar-refractivity contribution in [3.63, 3.8) is 0 Å². The van der Waals surface area contributed by atoms with Crippen LogP contribution >= 0.6 is 0 Å². The van der Waals surface area contributed by atoms with Gasteiger partial charge in [-0.1, -0.05) is 52.0 Å². The van der Waals surface area contributed by atoms with E-state index >= 15 is 0 Å². The van der Waals surface area contributed by atoms with Crippen LogP contribution in [0.2, 0.25) is 0 Å². The molecule has 0 fully saturated rings. The van der Waals surface area contributed by atoms with Crippen molar-refractivity contribution in [1.82, 2.24) is 0 Å². The molecule has 2 heteroatoms. The molecule has 0 bridgehead atoms. The Hall–Kier alpha value is -0.860. The van der Waals surface area contributed by atoms with Crippen LogP contribution in [0.3, 0.4) is 0 Å². The molecule has 0 aliphatic heterocycles. The summed E-state index contributed by atoms with van der Waals surface area (Å²) in [5.41, 5.74) is 8.76. The van der Waals surface area contributed by atoms with Gasteiger partial charge in [-0.25, -0.2) is 0 Å². The Morgan fingerprint density at radius 2 is 1.58 bits per heavy atom. The summed E-state index contributed by atoms with van der Waals surface area (Å²) in [6.07, 6.45) is 0.906. The van der Waals surface area contributed by atoms with Gasteiger partial charge in [0.05, 0.1) is 11.6 Å². The Morgan fingerprint density at radius 3 is 1.95 bits per heavy atom. The van der Waals surface area contributed by atoms with Gasteiger partial charge < -0.3 is 10.5 Å². The molecule has 108 valence electrons. The third kappa shape index (κ3) is 3.80. The van der Waals surface area contributed by atoms with E-state index in [1.807, 2.05) is 6.92 Å². The maximum Gasteiger partial charge on any atom is 0.0843 e. The maximum atomic E-state index is 6.40. The van der Waals surface area contributed by atoms with E-state index in [4.69, 9.17) is 10.5 Å². The molecule has 2 atom stereocenters. The molecule has 0 heterocycles. The molecule has 2 N–H and O–H groups in total. The second-order valence-corrected chi connectivity index (χ2v) is 6.45. The summed E-state index contributed by atoms with van der Waals surface area (Å²) in [7, 11) is 0. The summed E-state index contributed by atoms with van der Waals surface area (Å²) in [6.45, 7) is 13.6. The van der Waals surface area contributed by atoms with Crippen LogP contribution in [0.4, 0.5) is 0 Å². The first-order chi connectivity index (χ1) is 8.74. The number of hydrogen-bond donors (Lipinski definition) is 1. The van der Waals surface area contributed by atoms with Gasteiger partial charge in [0.15, 0.2) is 0 Å². The molecular weight excluding hydrogens is 234 g/mol. The lowest BCUT2D eigenvalue weighted by Gasteiger charge is -2.35. The standard InChI is InChI=1S/C17H29NO/c1-7-17(6,19-8-2)15(18)13-9-11-14(12-10-13)16(3,4)5/h9-12,15H,7-8,18H2,1-6H3. The van der Waals surface area contributed by atoms with Crippen LogP contribution in [0.1, 0.15) is 65.1 Å². The van der Waals surface area contributed by atoms with E-state index in [1.165, 1.54) is 5.56 Å². The van der Waals surface area contributed by atoms with Crippen LogP contribution in [0.5, 0.6) is 0 Å². The first-order valence-corrected chi connectivity index (χ1v) is 7.24. The van der Waals surface area contributed by atoms with Crippen molar-refractivity contribution in [1.29, 1.82) is 0 Å². The summed E-state index contributed by atoms with van der Waals surface area (Å²) < 4.78 is 5.87. The van der Waals surface area contributed by atoms with Crippen LogP contribution in [0.15, 0.2) is 24.3 Å². The summed E-state index contributed by atoms with van der Waals surface area (Å²) in [5.74, 6) is 0. The van der Waals surface area contributed by atoms with E-state index in [1.54, 1.807) is 0 Å². The minimum absolute atomic E-state index is 0.0912. The Bertz CT molecular complexity index is 391. The number of nitrogens with two attached hydrogens (primary N) is 1. The second-order valence-electron chi connectivity index (χ2n) is 6.45. The van der Waals surface area contributed by atoms with Gasteiger partial charge in [0.2, 0.25) is 0 Å². The molecule has 1 rings (SSSR count). The van der Waals surface area contributed by atoms with Crippen molar-refractivity contribution in [2.45, 2.75) is 65.0 Å². The molecule has 0 aromatic heterocycles. The van der Waals surface area contributed by atoms with Gasteiger partial charge in [-0.2, -0.15) is 0 Å². The van der Waals surface area contributed by atoms with Gasteiger partial charge in [-0.05, 0) is 36.8 Å². The predicted molar refractivity (Wildman–Crippen MR) is 82.4 cm³/mol. The highest BCUT2D eigenvalue weighted by Gasteiger charge is 2.31. The third-order valence-corrected chi connectivity index (χ3v) is 3.97. The number of ether oxygens (including phenoxy) is 1. The van der Waals surface area contributed by atoms with Gasteiger partial charge in [0.1, 0.15) is 0 Å². The van der Waals surface area contributed by atoms with E-state index < -0.39 is 0 Å². The van der Waals surface area contributed by atoms with Gasteiger partial charge in [-0.15, -0.1) is 0 Å². The summed E-state index contributed by atoms with van der Waals surface area (Å²) >= 11 is 0. The van der Waals surface area contributed by atoms with Crippen molar-refractivity contribution < 1.29 is 4.74 Å². The minimum atomic E-state index is -0.294. The van der Waals surface area contributed by atoms with Gasteiger partial charge in [-0.3, -0.25) is 0 Å². The second kappa shape index (κ2) is 6.06. The molecule has 0 radical (unpaired) electrons. The van der Waals surface area contributed by atoms with E-state index in [0.717, 1.165) is 12.0 Å². The molecule has 0 saturated carbocycles. The molecule has 0 aliphatic carbocycles. The Labute approximate surface area is 118 Å². The monoisotopic (exact) mass is 263 g/mol. The fourth-order valence-electron chi connectivity index (χ4n) is 2.28. The molecule has 1 aromatic rings. The highest BCUT2D eigenvalue weighted by molar-refractivity contribution is 5.30. The zero-order chi connectivity index (χ0) is 14.7. The largest absolute Gasteiger partial charge is 0.374 e. The van der Waals surface area contributed by atoms with Crippen LogP contribution < -0.4 is 5.73 Å². The third-order valence-electron chi connectivity index (χ3n) is 3.97. The lowest BCUT2D eigenvalue weighted by molar-refractivity contribution is -0.0472. The first kappa shape index (κ1) is 16.2. The SMILES string of the molecule is CCOC(C)(CC)C(N)c1ccc(C(C)(C)C)cc1. The zero-order valence-corrected chi connectivity index (χ0v) is 13.3. The highest BCUT2D eigenvalue weighted by Crippen LogP contribution is 2.31. The van der Waals surface area contributed by atoms with E-state index in [0.29, 0.717) is 6.61 Å². The molecule has 0 spiro atoms. The summed E-state index contributed by atoms with van der Waals surface area (Å²) in [4.78, 5) is 0. The van der Waals surface area contributed by atoms with Gasteiger partial charge in [0, 0.05) is 6.61 Å². The van der Waals surface area contributed by atoms with Crippen LogP contribution in [0, 0.1) is 0 Å². The summed E-state index contributed by atoms with van der Waals surface area (Å²) in [6, 6.07) is 8.54. The van der Waals surface area contributed by atoms with E-state index in [-0.39, 0.29) is 17.1 Å². The Kier molecular flexibility index (Phi) is 5.17. The zero-order valence-electron chi connectivity index (χ0n) is 13.3. The van der Waals surface area contributed by atoms with Crippen molar-refractivity contribution in [2.75, 3.05) is 6.61 Å². The maximum absolute atomic E-state index is 6.40. The molecule has 0 aliphatic rings. The Balaban J connectivity index is 2.97. The Morgan fingerprint density at radius 1 is 1.05 bits per heavy atom. The number of benzene rings is 1. The quantitative estimate of drug-likeness (QED) is 0.864. The number of rotatable bonds is 5. The number of hydrogen-bond acceptors (Lipinski definition) is 2. The fourth-order valence-corrected chi connectivity index (χ4v) is 2.28. The molecule has 0 amide bonds. The lowest BCUT2D eigenvalue weighted by Crippen LogP contribution is -2.40. The molecule has 19 heavy (non-hydrogen) atoms. The topological polar surface area (TPSA) is 35.2 Å². The van der Waals surface area contributed by atoms with Crippen molar-refractivity contribution in [2.24, 2.45) is 5.73 Å². The van der Waals surface area contributed by atoms with Gasteiger partial charge in [0.25, 0.3) is 0 Å². The first-order valence-electron chi connectivity index (χ1n) is 7.24. The normalized spacial score (nSPS) is 17.0. The lowest BCUT2D eigenvalue weighted by atomic mass is 9.84. The molecule has 2 nitrogen and oxygen atoms in total. The van der Waals surface area contributed by atoms with Crippen molar-refractivity contribution in [3.05, 3.63) is 35.4 Å². The molecule has 2 unspecified atom stereocenters. The average molecular weight is 263 g/mol. The fraction of sp³-hybridized carbons (Fsp3) is 0.647. The van der Waals surface area contributed by atoms with Crippen LogP contribution in [0.25, 0.3) is 0 Å². The van der Waals surface area contributed by atoms with Crippen LogP contribution in [-0.2, 0) is 10.2 Å². The molecule has 0 saturated heterocycles. The molecule has 1 aromatic carbocycles. The summed E-state index contributed by atoms with van der Waals surface area (Å²) in [5, 5.41) is 0. The highest BCUT2D eigenvalue weighted by atomic mass is 16.5. The smallest absolute Gasteiger partial charge is 0.0843 e. The average Bonchev–Trinajstić information content (AvgIpc) is 2.37. The van der Waals surface area contributed by atoms with E-state index in [9.17, 15) is 0 Å². The van der Waals surface area contributed by atoms with Crippen molar-refractivity contribution >= 4 is 0 Å². The van der Waals surface area contributed by atoms with Crippen LogP contribution in [-0.4, -0.2) is 12.2 Å². The minimum Gasteiger partial charge on any atom is -0.374 e. The molecular formula is C17H29NO. The van der Waals surface area contributed by atoms with Gasteiger partial charge >= 0.3 is 0 Å². The van der Waals surface area contributed by atoms with E-state index in [2.05, 4.69) is 58.9 Å². The van der Waals surface area contributed by atoms with Crippen molar-refractivity contribution in [3.8, 4) is 0 Å².